The van der Waals surface area contributed by atoms with Crippen LogP contribution in [0.2, 0.25) is 0 Å². The van der Waals surface area contributed by atoms with Gasteiger partial charge in [-0.25, -0.2) is 12.8 Å². The molecule has 0 radical (unpaired) electrons. The summed E-state index contributed by atoms with van der Waals surface area (Å²) >= 11 is 0. The van der Waals surface area contributed by atoms with Crippen molar-refractivity contribution in [3.63, 3.8) is 0 Å². The Kier molecular flexibility index (Phi) is 6.54. The predicted octanol–water partition coefficient (Wildman–Crippen LogP) is 4.68. The molecule has 8 heteroatoms. The number of H-pyrrole nitrogens is 1. The quantitative estimate of drug-likeness (QED) is 0.416. The Balaban J connectivity index is 1.79. The van der Waals surface area contributed by atoms with E-state index >= 15 is 0 Å². The minimum Gasteiger partial charge on any atom is -0.497 e. The standard InChI is InChI=1S/C26H25FN2O4S/c1-17-4-5-18(2)25-24(17)14-20(26(30)28-25)16-29(15-19-6-10-22(33-3)11-7-19)34(31,32)23-12-8-21(27)9-13-23/h4-14H,15-16H2,1-3H3,(H,28,30). The Morgan fingerprint density at radius 2 is 1.56 bits per heavy atom. The van der Waals surface area contributed by atoms with E-state index in [1.807, 2.05) is 26.0 Å². The van der Waals surface area contributed by atoms with Crippen molar-refractivity contribution >= 4 is 20.9 Å². The van der Waals surface area contributed by atoms with Gasteiger partial charge in [0.05, 0.1) is 17.5 Å². The number of aromatic amines is 1. The lowest BCUT2D eigenvalue weighted by Crippen LogP contribution is -2.32. The van der Waals surface area contributed by atoms with E-state index < -0.39 is 15.8 Å². The summed E-state index contributed by atoms with van der Waals surface area (Å²) in [4.78, 5) is 15.8. The predicted molar refractivity (Wildman–Crippen MR) is 130 cm³/mol. The molecule has 0 spiro atoms. The molecule has 0 saturated carbocycles. The highest BCUT2D eigenvalue weighted by Gasteiger charge is 2.26. The number of ether oxygens (including phenoxy) is 1. The number of nitrogens with zero attached hydrogens (tertiary/aromatic N) is 1. The van der Waals surface area contributed by atoms with Gasteiger partial charge in [-0.1, -0.05) is 24.3 Å². The molecule has 0 unspecified atom stereocenters. The molecular formula is C26H25FN2O4S. The van der Waals surface area contributed by atoms with Crippen LogP contribution >= 0.6 is 0 Å². The lowest BCUT2D eigenvalue weighted by molar-refractivity contribution is 0.398. The molecule has 34 heavy (non-hydrogen) atoms. The van der Waals surface area contributed by atoms with E-state index in [9.17, 15) is 17.6 Å². The van der Waals surface area contributed by atoms with Crippen molar-refractivity contribution in [2.75, 3.05) is 7.11 Å². The summed E-state index contributed by atoms with van der Waals surface area (Å²) in [6.45, 7) is 3.72. The average Bonchev–Trinajstić information content (AvgIpc) is 2.82. The first-order valence-corrected chi connectivity index (χ1v) is 12.1. The van der Waals surface area contributed by atoms with Crippen LogP contribution < -0.4 is 10.3 Å². The monoisotopic (exact) mass is 480 g/mol. The van der Waals surface area contributed by atoms with Crippen LogP contribution in [-0.4, -0.2) is 24.8 Å². The molecule has 3 aromatic carbocycles. The Morgan fingerprint density at radius 3 is 2.21 bits per heavy atom. The number of benzene rings is 3. The van der Waals surface area contributed by atoms with Gasteiger partial charge in [0.15, 0.2) is 0 Å². The summed E-state index contributed by atoms with van der Waals surface area (Å²) in [5.41, 5.74) is 3.32. The van der Waals surface area contributed by atoms with Gasteiger partial charge in [0, 0.05) is 24.0 Å². The van der Waals surface area contributed by atoms with Crippen LogP contribution in [0.5, 0.6) is 5.75 Å². The van der Waals surface area contributed by atoms with E-state index in [-0.39, 0.29) is 23.5 Å². The third kappa shape index (κ3) is 4.73. The Morgan fingerprint density at radius 1 is 0.912 bits per heavy atom. The van der Waals surface area contributed by atoms with Crippen LogP contribution in [-0.2, 0) is 23.1 Å². The zero-order valence-corrected chi connectivity index (χ0v) is 19.9. The molecule has 0 aliphatic heterocycles. The molecule has 0 bridgehead atoms. The molecule has 176 valence electrons. The van der Waals surface area contributed by atoms with Gasteiger partial charge in [-0.05, 0) is 73.0 Å². The molecule has 0 amide bonds. The first-order chi connectivity index (χ1) is 16.2. The van der Waals surface area contributed by atoms with Gasteiger partial charge >= 0.3 is 0 Å². The smallest absolute Gasteiger partial charge is 0.252 e. The van der Waals surface area contributed by atoms with E-state index in [4.69, 9.17) is 4.74 Å². The van der Waals surface area contributed by atoms with Crippen LogP contribution in [0.25, 0.3) is 10.9 Å². The van der Waals surface area contributed by atoms with Gasteiger partial charge < -0.3 is 9.72 Å². The minimum atomic E-state index is -4.04. The maximum atomic E-state index is 13.5. The van der Waals surface area contributed by atoms with E-state index in [0.29, 0.717) is 11.3 Å². The number of fused-ring (bicyclic) bond motifs is 1. The number of aryl methyl sites for hydroxylation is 2. The maximum Gasteiger partial charge on any atom is 0.252 e. The van der Waals surface area contributed by atoms with E-state index in [1.54, 1.807) is 37.4 Å². The molecular weight excluding hydrogens is 455 g/mol. The Labute approximate surface area is 197 Å². The number of hydrogen-bond donors (Lipinski definition) is 1. The molecule has 4 rings (SSSR count). The lowest BCUT2D eigenvalue weighted by Gasteiger charge is -2.23. The summed E-state index contributed by atoms with van der Waals surface area (Å²) in [6, 6.07) is 17.3. The SMILES string of the molecule is COc1ccc(CN(Cc2cc3c(C)ccc(C)c3[nH]c2=O)S(=O)(=O)c2ccc(F)cc2)cc1. The molecule has 0 aliphatic carbocycles. The van der Waals surface area contributed by atoms with Crippen molar-refractivity contribution < 1.29 is 17.5 Å². The van der Waals surface area contributed by atoms with Crippen molar-refractivity contribution in [3.05, 3.63) is 105 Å². The van der Waals surface area contributed by atoms with E-state index in [0.717, 1.165) is 39.7 Å². The van der Waals surface area contributed by atoms with Crippen LogP contribution in [0.1, 0.15) is 22.3 Å². The summed E-state index contributed by atoms with van der Waals surface area (Å²) in [6.07, 6.45) is 0. The Hall–Kier alpha value is -3.49. The topological polar surface area (TPSA) is 79.5 Å². The molecule has 0 saturated heterocycles. The molecule has 1 heterocycles. The van der Waals surface area contributed by atoms with Crippen molar-refractivity contribution in [3.8, 4) is 5.75 Å². The molecule has 1 N–H and O–H groups in total. The van der Waals surface area contributed by atoms with Crippen molar-refractivity contribution in [1.29, 1.82) is 0 Å². The summed E-state index contributed by atoms with van der Waals surface area (Å²) in [5, 5.41) is 0.859. The van der Waals surface area contributed by atoms with Crippen molar-refractivity contribution in [1.82, 2.24) is 9.29 Å². The van der Waals surface area contributed by atoms with E-state index in [1.165, 1.54) is 16.4 Å². The third-order valence-corrected chi connectivity index (χ3v) is 7.64. The molecule has 4 aromatic rings. The average molecular weight is 481 g/mol. The number of nitrogens with one attached hydrogen (secondary N) is 1. The van der Waals surface area contributed by atoms with Gasteiger partial charge in [-0.15, -0.1) is 0 Å². The molecule has 6 nitrogen and oxygen atoms in total. The normalized spacial score (nSPS) is 11.8. The fourth-order valence-corrected chi connectivity index (χ4v) is 5.25. The first kappa shape index (κ1) is 23.7. The molecule has 0 fully saturated rings. The second-order valence-electron chi connectivity index (χ2n) is 8.19. The fraction of sp³-hybridized carbons (Fsp3) is 0.192. The number of halogens is 1. The number of methoxy groups -OCH3 is 1. The lowest BCUT2D eigenvalue weighted by atomic mass is 10.0. The minimum absolute atomic E-state index is 0.0218. The van der Waals surface area contributed by atoms with Gasteiger partial charge in [-0.3, -0.25) is 4.79 Å². The number of rotatable bonds is 7. The zero-order chi connectivity index (χ0) is 24.5. The number of sulfonamides is 1. The van der Waals surface area contributed by atoms with Crippen LogP contribution in [0.4, 0.5) is 4.39 Å². The number of aromatic nitrogens is 1. The number of hydrogen-bond acceptors (Lipinski definition) is 4. The summed E-state index contributed by atoms with van der Waals surface area (Å²) < 4.78 is 46.9. The van der Waals surface area contributed by atoms with Gasteiger partial charge in [0.2, 0.25) is 10.0 Å². The highest BCUT2D eigenvalue weighted by molar-refractivity contribution is 7.89. The second-order valence-corrected chi connectivity index (χ2v) is 10.1. The van der Waals surface area contributed by atoms with Crippen LogP contribution in [0.3, 0.4) is 0 Å². The first-order valence-electron chi connectivity index (χ1n) is 10.7. The third-order valence-electron chi connectivity index (χ3n) is 5.84. The van der Waals surface area contributed by atoms with Gasteiger partial charge in [-0.2, -0.15) is 4.31 Å². The van der Waals surface area contributed by atoms with Gasteiger partial charge in [0.1, 0.15) is 11.6 Å². The zero-order valence-electron chi connectivity index (χ0n) is 19.1. The maximum absolute atomic E-state index is 13.5. The van der Waals surface area contributed by atoms with E-state index in [2.05, 4.69) is 4.98 Å². The second kappa shape index (κ2) is 9.40. The van der Waals surface area contributed by atoms with Crippen molar-refractivity contribution in [2.24, 2.45) is 0 Å². The highest BCUT2D eigenvalue weighted by atomic mass is 32.2. The largest absolute Gasteiger partial charge is 0.497 e. The van der Waals surface area contributed by atoms with Crippen LogP contribution in [0.15, 0.2) is 76.4 Å². The van der Waals surface area contributed by atoms with Gasteiger partial charge in [0.25, 0.3) is 5.56 Å². The fourth-order valence-electron chi connectivity index (χ4n) is 3.84. The van der Waals surface area contributed by atoms with Crippen molar-refractivity contribution in [2.45, 2.75) is 31.8 Å². The molecule has 0 aliphatic rings. The molecule has 1 aromatic heterocycles. The Bertz CT molecular complexity index is 1500. The molecule has 0 atom stereocenters. The van der Waals surface area contributed by atoms with Crippen LogP contribution in [0, 0.1) is 19.7 Å². The number of pyridine rings is 1. The highest BCUT2D eigenvalue weighted by Crippen LogP contribution is 2.24. The summed E-state index contributed by atoms with van der Waals surface area (Å²) in [7, 11) is -2.48. The summed E-state index contributed by atoms with van der Waals surface area (Å²) in [5.74, 6) is 0.117.